The Morgan fingerprint density at radius 3 is 2.25 bits per heavy atom. The van der Waals surface area contributed by atoms with E-state index in [0.29, 0.717) is 0 Å². The number of para-hydroxylation sites is 2. The molecule has 5 aromatic rings. The molecule has 0 aliphatic carbocycles. The van der Waals surface area contributed by atoms with Gasteiger partial charge in [0.05, 0.1) is 16.6 Å². The van der Waals surface area contributed by atoms with Gasteiger partial charge in [0.25, 0.3) is 0 Å². The first-order valence-electron chi connectivity index (χ1n) is 7.86. The molecule has 0 bridgehead atoms. The van der Waals surface area contributed by atoms with Crippen LogP contribution in [0.25, 0.3) is 38.4 Å². The quantitative estimate of drug-likeness (QED) is 0.401. The summed E-state index contributed by atoms with van der Waals surface area (Å²) in [7, 11) is 0. The number of fused-ring (bicyclic) bond motifs is 5. The van der Waals surface area contributed by atoms with E-state index in [1.165, 1.54) is 12.1 Å². The number of pyridine rings is 1. The van der Waals surface area contributed by atoms with E-state index in [4.69, 9.17) is 0 Å². The van der Waals surface area contributed by atoms with E-state index in [-0.39, 0.29) is 5.82 Å². The molecule has 0 spiro atoms. The second-order valence-electron chi connectivity index (χ2n) is 5.87. The minimum Gasteiger partial charge on any atom is -0.308 e. The van der Waals surface area contributed by atoms with Crippen LogP contribution in [0.2, 0.25) is 0 Å². The molecule has 0 fully saturated rings. The molecule has 24 heavy (non-hydrogen) atoms. The molecule has 3 heteroatoms. The third-order valence-corrected chi connectivity index (χ3v) is 4.49. The molecule has 0 saturated carbocycles. The molecular weight excluding hydrogens is 299 g/mol. The van der Waals surface area contributed by atoms with Crippen LogP contribution in [0.5, 0.6) is 0 Å². The summed E-state index contributed by atoms with van der Waals surface area (Å²) in [5, 5.41) is 3.35. The molecular formula is C21H13FN2. The highest BCUT2D eigenvalue weighted by Crippen LogP contribution is 2.35. The van der Waals surface area contributed by atoms with Crippen molar-refractivity contribution >= 4 is 32.7 Å². The van der Waals surface area contributed by atoms with Gasteiger partial charge in [-0.05, 0) is 36.4 Å². The minimum atomic E-state index is -0.231. The zero-order valence-electron chi connectivity index (χ0n) is 12.8. The van der Waals surface area contributed by atoms with Crippen LogP contribution in [0, 0.1) is 5.82 Å². The van der Waals surface area contributed by atoms with Crippen LogP contribution >= 0.6 is 0 Å². The largest absolute Gasteiger partial charge is 0.308 e. The molecule has 2 aromatic heterocycles. The van der Waals surface area contributed by atoms with Crippen molar-refractivity contribution < 1.29 is 4.39 Å². The molecule has 0 unspecified atom stereocenters. The Morgan fingerprint density at radius 1 is 0.708 bits per heavy atom. The summed E-state index contributed by atoms with van der Waals surface area (Å²) >= 11 is 0. The summed E-state index contributed by atoms with van der Waals surface area (Å²) in [5.41, 5.74) is 4.10. The summed E-state index contributed by atoms with van der Waals surface area (Å²) in [6.07, 6.45) is 1.93. The number of hydrogen-bond donors (Lipinski definition) is 0. The van der Waals surface area contributed by atoms with Crippen molar-refractivity contribution in [2.45, 2.75) is 0 Å². The fourth-order valence-corrected chi connectivity index (χ4v) is 3.44. The monoisotopic (exact) mass is 312 g/mol. The van der Waals surface area contributed by atoms with E-state index in [1.807, 2.05) is 48.7 Å². The first kappa shape index (κ1) is 13.3. The van der Waals surface area contributed by atoms with Crippen molar-refractivity contribution in [3.63, 3.8) is 0 Å². The predicted molar refractivity (Wildman–Crippen MR) is 96.0 cm³/mol. The zero-order valence-corrected chi connectivity index (χ0v) is 12.8. The minimum absolute atomic E-state index is 0.231. The van der Waals surface area contributed by atoms with Crippen molar-refractivity contribution in [3.8, 4) is 5.69 Å². The van der Waals surface area contributed by atoms with E-state index in [2.05, 4.69) is 27.8 Å². The molecule has 2 nitrogen and oxygen atoms in total. The van der Waals surface area contributed by atoms with Crippen LogP contribution in [0.15, 0.2) is 79.0 Å². The molecule has 3 aromatic carbocycles. The van der Waals surface area contributed by atoms with Gasteiger partial charge in [-0.1, -0.05) is 36.4 Å². The smallest absolute Gasteiger partial charge is 0.123 e. The fourth-order valence-electron chi connectivity index (χ4n) is 3.44. The van der Waals surface area contributed by atoms with Crippen LogP contribution in [0.4, 0.5) is 4.39 Å². The van der Waals surface area contributed by atoms with Gasteiger partial charge in [0, 0.05) is 28.0 Å². The Balaban J connectivity index is 2.05. The lowest BCUT2D eigenvalue weighted by molar-refractivity contribution is 0.627. The van der Waals surface area contributed by atoms with Crippen LogP contribution in [-0.2, 0) is 0 Å². The number of aromatic nitrogens is 2. The normalized spacial score (nSPS) is 11.5. The van der Waals surface area contributed by atoms with Crippen molar-refractivity contribution in [2.75, 3.05) is 0 Å². The van der Waals surface area contributed by atoms with Gasteiger partial charge in [-0.25, -0.2) is 4.39 Å². The molecule has 0 aliphatic rings. The van der Waals surface area contributed by atoms with E-state index >= 15 is 0 Å². The van der Waals surface area contributed by atoms with Crippen LogP contribution in [0.3, 0.4) is 0 Å². The van der Waals surface area contributed by atoms with E-state index < -0.39 is 0 Å². The SMILES string of the molecule is Fc1ccc(-n2c3ccccc3c3cnc4ccccc4c32)cc1. The number of hydrogen-bond acceptors (Lipinski definition) is 1. The van der Waals surface area contributed by atoms with Gasteiger partial charge in [-0.3, -0.25) is 4.98 Å². The van der Waals surface area contributed by atoms with Gasteiger partial charge in [0.15, 0.2) is 0 Å². The lowest BCUT2D eigenvalue weighted by Crippen LogP contribution is -1.95. The molecule has 0 N–H and O–H groups in total. The van der Waals surface area contributed by atoms with Crippen LogP contribution in [-0.4, -0.2) is 9.55 Å². The number of rotatable bonds is 1. The highest BCUT2D eigenvalue weighted by Gasteiger charge is 2.14. The number of halogens is 1. The molecule has 5 rings (SSSR count). The van der Waals surface area contributed by atoms with Crippen molar-refractivity contribution in [1.82, 2.24) is 9.55 Å². The van der Waals surface area contributed by atoms with Gasteiger partial charge in [0.1, 0.15) is 5.82 Å². The Hall–Kier alpha value is -3.20. The zero-order chi connectivity index (χ0) is 16.1. The van der Waals surface area contributed by atoms with Gasteiger partial charge in [-0.15, -0.1) is 0 Å². The number of benzene rings is 3. The maximum absolute atomic E-state index is 13.4. The molecule has 0 atom stereocenters. The molecule has 0 aliphatic heterocycles. The highest BCUT2D eigenvalue weighted by atomic mass is 19.1. The predicted octanol–water partition coefficient (Wildman–Crippen LogP) is 5.47. The molecule has 114 valence electrons. The maximum atomic E-state index is 13.4. The molecule has 0 amide bonds. The molecule has 0 radical (unpaired) electrons. The standard InChI is InChI=1S/C21H13FN2/c22-14-9-11-15(12-10-14)24-20-8-4-2-5-16(20)18-13-23-19-7-3-1-6-17(19)21(18)24/h1-13H. The number of nitrogens with zero attached hydrogens (tertiary/aromatic N) is 2. The second-order valence-corrected chi connectivity index (χ2v) is 5.87. The first-order valence-corrected chi connectivity index (χ1v) is 7.86. The summed E-state index contributed by atoms with van der Waals surface area (Å²) in [4.78, 5) is 4.61. The van der Waals surface area contributed by atoms with Crippen molar-refractivity contribution in [3.05, 3.63) is 84.8 Å². The Kier molecular flexibility index (Phi) is 2.71. The molecule has 2 heterocycles. The molecule has 0 saturated heterocycles. The van der Waals surface area contributed by atoms with Crippen molar-refractivity contribution in [2.24, 2.45) is 0 Å². The maximum Gasteiger partial charge on any atom is 0.123 e. The topological polar surface area (TPSA) is 17.8 Å². The van der Waals surface area contributed by atoms with Gasteiger partial charge >= 0.3 is 0 Å². The van der Waals surface area contributed by atoms with E-state index in [0.717, 1.165) is 38.4 Å². The summed E-state index contributed by atoms with van der Waals surface area (Å²) in [6.45, 7) is 0. The van der Waals surface area contributed by atoms with E-state index in [9.17, 15) is 4.39 Å². The van der Waals surface area contributed by atoms with E-state index in [1.54, 1.807) is 0 Å². The van der Waals surface area contributed by atoms with Crippen molar-refractivity contribution in [1.29, 1.82) is 0 Å². The fraction of sp³-hybridized carbons (Fsp3) is 0. The summed E-state index contributed by atoms with van der Waals surface area (Å²) < 4.78 is 15.6. The third kappa shape index (κ3) is 1.78. The van der Waals surface area contributed by atoms with Gasteiger partial charge in [0.2, 0.25) is 0 Å². The third-order valence-electron chi connectivity index (χ3n) is 4.49. The Labute approximate surface area is 137 Å². The van der Waals surface area contributed by atoms with Crippen LogP contribution in [0.1, 0.15) is 0 Å². The lowest BCUT2D eigenvalue weighted by atomic mass is 10.1. The average molecular weight is 312 g/mol. The lowest BCUT2D eigenvalue weighted by Gasteiger charge is -2.09. The Bertz CT molecular complexity index is 1200. The highest BCUT2D eigenvalue weighted by molar-refractivity contribution is 6.17. The van der Waals surface area contributed by atoms with Crippen LogP contribution < -0.4 is 0 Å². The van der Waals surface area contributed by atoms with Gasteiger partial charge < -0.3 is 4.57 Å². The second kappa shape index (κ2) is 4.90. The van der Waals surface area contributed by atoms with Gasteiger partial charge in [-0.2, -0.15) is 0 Å². The average Bonchev–Trinajstić information content (AvgIpc) is 2.97. The summed E-state index contributed by atoms with van der Waals surface area (Å²) in [5.74, 6) is -0.231. The first-order chi connectivity index (χ1) is 11.8. The Morgan fingerprint density at radius 2 is 1.42 bits per heavy atom. The summed E-state index contributed by atoms with van der Waals surface area (Å²) in [6, 6.07) is 23.0.